The molecule has 33 heavy (non-hydrogen) atoms. The van der Waals surface area contributed by atoms with E-state index in [1.54, 1.807) is 26.6 Å². The zero-order chi connectivity index (χ0) is 23.7. The molecule has 176 valence electrons. The van der Waals surface area contributed by atoms with Crippen LogP contribution < -0.4 is 20.3 Å². The molecule has 0 saturated carbocycles. The number of hydrazone groups is 2. The maximum Gasteiger partial charge on any atom is 0.240 e. The van der Waals surface area contributed by atoms with E-state index >= 15 is 0 Å². The number of amides is 2. The minimum Gasteiger partial charge on any atom is -0.496 e. The first-order valence-corrected chi connectivity index (χ1v) is 11.0. The lowest BCUT2D eigenvalue weighted by Gasteiger charge is -2.04. The molecule has 0 spiro atoms. The Morgan fingerprint density at radius 1 is 0.697 bits per heavy atom. The molecule has 0 unspecified atom stereocenters. The van der Waals surface area contributed by atoms with Crippen molar-refractivity contribution >= 4 is 24.2 Å². The average molecular weight is 453 g/mol. The molecule has 0 aliphatic rings. The molecule has 2 N–H and O–H groups in total. The van der Waals surface area contributed by atoms with Crippen molar-refractivity contribution in [2.24, 2.45) is 10.2 Å². The average Bonchev–Trinajstić information content (AvgIpc) is 2.84. The number of nitrogens with one attached hydrogen (secondary N) is 2. The summed E-state index contributed by atoms with van der Waals surface area (Å²) in [5.41, 5.74) is 6.68. The fourth-order valence-electron chi connectivity index (χ4n) is 3.11. The second kappa shape index (κ2) is 15.2. The molecule has 2 aromatic rings. The van der Waals surface area contributed by atoms with Crippen LogP contribution in [0.25, 0.3) is 0 Å². The molecular formula is C25H32N4O4. The van der Waals surface area contributed by atoms with Gasteiger partial charge in [0.1, 0.15) is 11.5 Å². The SMILES string of the molecule is COc1ccccc1C=NNC(=O)CCCCCCCC(=O)NN=Cc1ccccc1OC. The Balaban J connectivity index is 1.51. The molecule has 2 rings (SSSR count). The van der Waals surface area contributed by atoms with Crippen LogP contribution in [0.2, 0.25) is 0 Å². The van der Waals surface area contributed by atoms with Crippen molar-refractivity contribution in [2.75, 3.05) is 14.2 Å². The number of para-hydroxylation sites is 2. The van der Waals surface area contributed by atoms with Gasteiger partial charge in [-0.05, 0) is 37.1 Å². The standard InChI is InChI=1S/C25H32N4O4/c1-32-22-14-10-8-12-20(22)18-26-28-24(30)16-6-4-3-5-7-17-25(31)29-27-19-21-13-9-11-15-23(21)33-2/h8-15,18-19H,3-7,16-17H2,1-2H3,(H,28,30)(H,29,31). The van der Waals surface area contributed by atoms with Crippen LogP contribution in [0.1, 0.15) is 56.1 Å². The summed E-state index contributed by atoms with van der Waals surface area (Å²) in [4.78, 5) is 23.8. The second-order valence-electron chi connectivity index (χ2n) is 7.34. The highest BCUT2D eigenvalue weighted by Gasteiger charge is 2.03. The third-order valence-electron chi connectivity index (χ3n) is 4.87. The van der Waals surface area contributed by atoms with Crippen molar-refractivity contribution in [3.8, 4) is 11.5 Å². The van der Waals surface area contributed by atoms with Gasteiger partial charge >= 0.3 is 0 Å². The molecule has 0 aromatic heterocycles. The predicted molar refractivity (Wildman–Crippen MR) is 130 cm³/mol. The van der Waals surface area contributed by atoms with Gasteiger partial charge in [-0.25, -0.2) is 10.9 Å². The molecular weight excluding hydrogens is 420 g/mol. The summed E-state index contributed by atoms with van der Waals surface area (Å²) in [6, 6.07) is 14.9. The Bertz CT molecular complexity index is 868. The molecule has 2 amide bonds. The van der Waals surface area contributed by atoms with E-state index in [0.717, 1.165) is 43.2 Å². The minimum atomic E-state index is -0.117. The van der Waals surface area contributed by atoms with Crippen molar-refractivity contribution in [2.45, 2.75) is 44.9 Å². The summed E-state index contributed by atoms with van der Waals surface area (Å²) in [6.07, 6.45) is 8.37. The number of methoxy groups -OCH3 is 2. The topological polar surface area (TPSA) is 101 Å². The number of ether oxygens (including phenoxy) is 2. The number of hydrogen-bond donors (Lipinski definition) is 2. The zero-order valence-corrected chi connectivity index (χ0v) is 19.3. The lowest BCUT2D eigenvalue weighted by atomic mass is 10.1. The van der Waals surface area contributed by atoms with Crippen LogP contribution in [-0.4, -0.2) is 38.5 Å². The van der Waals surface area contributed by atoms with Crippen molar-refractivity contribution in [3.63, 3.8) is 0 Å². The summed E-state index contributed by atoms with van der Waals surface area (Å²) in [5, 5.41) is 7.97. The highest BCUT2D eigenvalue weighted by molar-refractivity contribution is 5.85. The Labute approximate surface area is 195 Å². The Morgan fingerprint density at radius 2 is 1.09 bits per heavy atom. The van der Waals surface area contributed by atoms with Crippen LogP contribution in [0.3, 0.4) is 0 Å². The van der Waals surface area contributed by atoms with Gasteiger partial charge in [0.25, 0.3) is 0 Å². The van der Waals surface area contributed by atoms with Crippen LogP contribution in [0.15, 0.2) is 58.7 Å². The van der Waals surface area contributed by atoms with E-state index < -0.39 is 0 Å². The molecule has 0 radical (unpaired) electrons. The van der Waals surface area contributed by atoms with Crippen LogP contribution in [0.4, 0.5) is 0 Å². The summed E-state index contributed by atoms with van der Waals surface area (Å²) in [5.74, 6) is 1.17. The van der Waals surface area contributed by atoms with Gasteiger partial charge in [0.2, 0.25) is 11.8 Å². The number of nitrogens with zero attached hydrogens (tertiary/aromatic N) is 2. The fraction of sp³-hybridized carbons (Fsp3) is 0.360. The number of rotatable bonds is 14. The number of benzene rings is 2. The predicted octanol–water partition coefficient (Wildman–Crippen LogP) is 4.03. The van der Waals surface area contributed by atoms with E-state index in [2.05, 4.69) is 21.1 Å². The molecule has 0 saturated heterocycles. The second-order valence-corrected chi connectivity index (χ2v) is 7.34. The van der Waals surface area contributed by atoms with Crippen LogP contribution in [0, 0.1) is 0 Å². The minimum absolute atomic E-state index is 0.117. The van der Waals surface area contributed by atoms with E-state index in [-0.39, 0.29) is 11.8 Å². The molecule has 0 aliphatic carbocycles. The lowest BCUT2D eigenvalue weighted by molar-refractivity contribution is -0.121. The van der Waals surface area contributed by atoms with E-state index in [1.165, 1.54) is 0 Å². The Kier molecular flexibility index (Phi) is 11.8. The summed E-state index contributed by atoms with van der Waals surface area (Å²) in [6.45, 7) is 0. The maximum absolute atomic E-state index is 11.9. The first-order chi connectivity index (χ1) is 16.1. The molecule has 0 heterocycles. The van der Waals surface area contributed by atoms with Gasteiger partial charge in [0, 0.05) is 24.0 Å². The van der Waals surface area contributed by atoms with Gasteiger partial charge in [-0.1, -0.05) is 43.5 Å². The highest BCUT2D eigenvalue weighted by Crippen LogP contribution is 2.15. The van der Waals surface area contributed by atoms with E-state index in [0.29, 0.717) is 24.3 Å². The third kappa shape index (κ3) is 9.99. The summed E-state index contributed by atoms with van der Waals surface area (Å²) < 4.78 is 10.5. The molecule has 2 aromatic carbocycles. The van der Waals surface area contributed by atoms with Crippen LogP contribution >= 0.6 is 0 Å². The van der Waals surface area contributed by atoms with Gasteiger partial charge in [-0.2, -0.15) is 10.2 Å². The number of carbonyl (C=O) groups is 2. The fourth-order valence-corrected chi connectivity index (χ4v) is 3.11. The monoisotopic (exact) mass is 452 g/mol. The van der Waals surface area contributed by atoms with Gasteiger partial charge in [-0.15, -0.1) is 0 Å². The smallest absolute Gasteiger partial charge is 0.240 e. The highest BCUT2D eigenvalue weighted by atomic mass is 16.5. The van der Waals surface area contributed by atoms with Crippen molar-refractivity contribution in [3.05, 3.63) is 59.7 Å². The molecule has 0 fully saturated rings. The van der Waals surface area contributed by atoms with Gasteiger partial charge in [-0.3, -0.25) is 9.59 Å². The van der Waals surface area contributed by atoms with Crippen LogP contribution in [-0.2, 0) is 9.59 Å². The number of unbranched alkanes of at least 4 members (excludes halogenated alkanes) is 4. The summed E-state index contributed by atoms with van der Waals surface area (Å²) in [7, 11) is 3.19. The Morgan fingerprint density at radius 3 is 1.52 bits per heavy atom. The first-order valence-electron chi connectivity index (χ1n) is 11.0. The van der Waals surface area contributed by atoms with Crippen molar-refractivity contribution in [1.29, 1.82) is 0 Å². The van der Waals surface area contributed by atoms with E-state index in [1.807, 2.05) is 48.5 Å². The van der Waals surface area contributed by atoms with Gasteiger partial charge in [0.15, 0.2) is 0 Å². The Hall–Kier alpha value is -3.68. The quantitative estimate of drug-likeness (QED) is 0.257. The van der Waals surface area contributed by atoms with E-state index in [9.17, 15) is 9.59 Å². The third-order valence-corrected chi connectivity index (χ3v) is 4.87. The van der Waals surface area contributed by atoms with Gasteiger partial charge in [0.05, 0.1) is 26.6 Å². The molecule has 8 heteroatoms. The molecule has 0 aliphatic heterocycles. The largest absolute Gasteiger partial charge is 0.496 e. The normalized spacial score (nSPS) is 11.0. The van der Waals surface area contributed by atoms with Gasteiger partial charge < -0.3 is 9.47 Å². The van der Waals surface area contributed by atoms with Crippen molar-refractivity contribution < 1.29 is 19.1 Å². The number of carbonyl (C=O) groups excluding carboxylic acids is 2. The maximum atomic E-state index is 11.9. The molecule has 0 atom stereocenters. The van der Waals surface area contributed by atoms with Crippen molar-refractivity contribution in [1.82, 2.24) is 10.9 Å². The van der Waals surface area contributed by atoms with E-state index in [4.69, 9.17) is 9.47 Å². The summed E-state index contributed by atoms with van der Waals surface area (Å²) >= 11 is 0. The number of hydrogen-bond acceptors (Lipinski definition) is 6. The molecule has 0 bridgehead atoms. The zero-order valence-electron chi connectivity index (χ0n) is 19.3. The lowest BCUT2D eigenvalue weighted by Crippen LogP contribution is -2.17. The van der Waals surface area contributed by atoms with Crippen LogP contribution in [0.5, 0.6) is 11.5 Å². The molecule has 8 nitrogen and oxygen atoms in total. The first kappa shape index (κ1) is 25.6.